The smallest absolute Gasteiger partial charge is 0.199 e. The molecule has 0 aromatic carbocycles. The molecule has 1 unspecified atom stereocenters. The average Bonchev–Trinajstić information content (AvgIpc) is 2.69. The van der Waals surface area contributed by atoms with Gasteiger partial charge in [-0.3, -0.25) is 4.40 Å². The summed E-state index contributed by atoms with van der Waals surface area (Å²) in [5.41, 5.74) is 2.61. The zero-order chi connectivity index (χ0) is 11.8. The number of hydrogen-bond acceptors (Lipinski definition) is 2. The molecule has 4 heteroatoms. The summed E-state index contributed by atoms with van der Waals surface area (Å²) in [6, 6.07) is 5.31. The number of aryl methyl sites for hydroxylation is 1. The van der Waals surface area contributed by atoms with Crippen LogP contribution in [0.5, 0.6) is 0 Å². The average molecular weight is 233 g/mol. The molecule has 0 bridgehead atoms. The highest BCUT2D eigenvalue weighted by molar-refractivity contribution is 5.44. The maximum atomic E-state index is 13.7. The van der Waals surface area contributed by atoms with Crippen molar-refractivity contribution >= 4 is 5.65 Å². The van der Waals surface area contributed by atoms with Gasteiger partial charge in [0.15, 0.2) is 5.95 Å². The molecule has 1 atom stereocenters. The van der Waals surface area contributed by atoms with Crippen molar-refractivity contribution in [3.8, 4) is 0 Å². The Bertz CT molecular complexity index is 541. The van der Waals surface area contributed by atoms with Gasteiger partial charge in [0.2, 0.25) is 0 Å². The van der Waals surface area contributed by atoms with Crippen molar-refractivity contribution in [2.24, 2.45) is 0 Å². The SMILES string of the molecule is Cc1c(C2CCCCN2)nc2cccc(F)n12. The number of piperidine rings is 1. The molecule has 1 saturated heterocycles. The second-order valence-corrected chi connectivity index (χ2v) is 4.63. The van der Waals surface area contributed by atoms with Crippen molar-refractivity contribution in [1.29, 1.82) is 0 Å². The maximum absolute atomic E-state index is 13.7. The lowest BCUT2D eigenvalue weighted by Crippen LogP contribution is -2.27. The van der Waals surface area contributed by atoms with E-state index in [1.54, 1.807) is 10.5 Å². The Morgan fingerprint density at radius 3 is 3.00 bits per heavy atom. The first-order chi connectivity index (χ1) is 8.27. The van der Waals surface area contributed by atoms with E-state index < -0.39 is 0 Å². The van der Waals surface area contributed by atoms with E-state index in [1.807, 2.05) is 13.0 Å². The van der Waals surface area contributed by atoms with E-state index in [0.29, 0.717) is 5.65 Å². The van der Waals surface area contributed by atoms with Crippen LogP contribution < -0.4 is 5.32 Å². The minimum Gasteiger partial charge on any atom is -0.309 e. The second-order valence-electron chi connectivity index (χ2n) is 4.63. The third-order valence-corrected chi connectivity index (χ3v) is 3.50. The van der Waals surface area contributed by atoms with Gasteiger partial charge in [-0.05, 0) is 38.4 Å². The molecule has 2 aromatic heterocycles. The third kappa shape index (κ3) is 1.72. The summed E-state index contributed by atoms with van der Waals surface area (Å²) >= 11 is 0. The Morgan fingerprint density at radius 2 is 2.29 bits per heavy atom. The van der Waals surface area contributed by atoms with Crippen LogP contribution in [0.1, 0.15) is 36.7 Å². The monoisotopic (exact) mass is 233 g/mol. The highest BCUT2D eigenvalue weighted by Crippen LogP contribution is 2.26. The van der Waals surface area contributed by atoms with E-state index in [1.165, 1.54) is 18.9 Å². The van der Waals surface area contributed by atoms with Gasteiger partial charge in [0.05, 0.1) is 11.7 Å². The van der Waals surface area contributed by atoms with Crippen LogP contribution in [0.15, 0.2) is 18.2 Å². The van der Waals surface area contributed by atoms with E-state index in [-0.39, 0.29) is 12.0 Å². The lowest BCUT2D eigenvalue weighted by atomic mass is 10.0. The highest BCUT2D eigenvalue weighted by atomic mass is 19.1. The summed E-state index contributed by atoms with van der Waals surface area (Å²) < 4.78 is 15.3. The molecule has 0 aliphatic carbocycles. The first-order valence-corrected chi connectivity index (χ1v) is 6.14. The Kier molecular flexibility index (Phi) is 2.59. The molecular weight excluding hydrogens is 217 g/mol. The van der Waals surface area contributed by atoms with Gasteiger partial charge in [-0.2, -0.15) is 4.39 Å². The standard InChI is InChI=1S/C13H16FN3/c1-9-13(10-5-2-3-8-15-10)16-12-7-4-6-11(14)17(9)12/h4,6-7,10,15H,2-3,5,8H2,1H3. The molecule has 90 valence electrons. The van der Waals surface area contributed by atoms with E-state index in [9.17, 15) is 4.39 Å². The number of aromatic nitrogens is 2. The molecule has 2 aromatic rings. The van der Waals surface area contributed by atoms with Crippen LogP contribution in [0, 0.1) is 12.9 Å². The van der Waals surface area contributed by atoms with Crippen molar-refractivity contribution in [2.75, 3.05) is 6.54 Å². The molecule has 1 aliphatic heterocycles. The number of nitrogens with one attached hydrogen (secondary N) is 1. The summed E-state index contributed by atoms with van der Waals surface area (Å²) in [4.78, 5) is 4.56. The van der Waals surface area contributed by atoms with Crippen molar-refractivity contribution in [3.05, 3.63) is 35.5 Å². The normalized spacial score (nSPS) is 20.9. The molecule has 1 aliphatic rings. The molecule has 3 nitrogen and oxygen atoms in total. The molecule has 0 saturated carbocycles. The van der Waals surface area contributed by atoms with Gasteiger partial charge < -0.3 is 5.32 Å². The van der Waals surface area contributed by atoms with Crippen LogP contribution in [0.25, 0.3) is 5.65 Å². The van der Waals surface area contributed by atoms with Gasteiger partial charge in [0, 0.05) is 5.69 Å². The fourth-order valence-corrected chi connectivity index (χ4v) is 2.63. The molecule has 3 heterocycles. The molecule has 1 N–H and O–H groups in total. The fourth-order valence-electron chi connectivity index (χ4n) is 2.63. The number of pyridine rings is 1. The largest absolute Gasteiger partial charge is 0.309 e. The summed E-state index contributed by atoms with van der Waals surface area (Å²) in [5.74, 6) is -0.241. The minimum absolute atomic E-state index is 0.241. The lowest BCUT2D eigenvalue weighted by molar-refractivity contribution is 0.404. The Balaban J connectivity index is 2.10. The quantitative estimate of drug-likeness (QED) is 0.767. The lowest BCUT2D eigenvalue weighted by Gasteiger charge is -2.22. The van der Waals surface area contributed by atoms with Crippen LogP contribution in [-0.2, 0) is 0 Å². The van der Waals surface area contributed by atoms with E-state index in [4.69, 9.17) is 0 Å². The number of imidazole rings is 1. The van der Waals surface area contributed by atoms with Crippen LogP contribution >= 0.6 is 0 Å². The molecule has 17 heavy (non-hydrogen) atoms. The number of hydrogen-bond donors (Lipinski definition) is 1. The summed E-state index contributed by atoms with van der Waals surface area (Å²) in [7, 11) is 0. The van der Waals surface area contributed by atoms with Gasteiger partial charge in [0.25, 0.3) is 0 Å². The van der Waals surface area contributed by atoms with Gasteiger partial charge in [0.1, 0.15) is 5.65 Å². The van der Waals surface area contributed by atoms with Gasteiger partial charge in [-0.25, -0.2) is 4.98 Å². The molecule has 1 fully saturated rings. The van der Waals surface area contributed by atoms with E-state index in [0.717, 1.165) is 24.4 Å². The predicted molar refractivity (Wildman–Crippen MR) is 64.5 cm³/mol. The first kappa shape index (κ1) is 10.7. The Morgan fingerprint density at radius 1 is 1.41 bits per heavy atom. The van der Waals surface area contributed by atoms with Crippen LogP contribution in [0.4, 0.5) is 4.39 Å². The molecular formula is C13H16FN3. The predicted octanol–water partition coefficient (Wildman–Crippen LogP) is 2.60. The van der Waals surface area contributed by atoms with E-state index >= 15 is 0 Å². The van der Waals surface area contributed by atoms with Crippen LogP contribution in [-0.4, -0.2) is 15.9 Å². The van der Waals surface area contributed by atoms with Gasteiger partial charge in [-0.1, -0.05) is 12.5 Å². The number of rotatable bonds is 1. The minimum atomic E-state index is -0.241. The molecule has 0 radical (unpaired) electrons. The van der Waals surface area contributed by atoms with Gasteiger partial charge >= 0.3 is 0 Å². The summed E-state index contributed by atoms with van der Waals surface area (Å²) in [6.07, 6.45) is 3.52. The second kappa shape index (κ2) is 4.11. The van der Waals surface area contributed by atoms with Crippen LogP contribution in [0.3, 0.4) is 0 Å². The summed E-state index contributed by atoms with van der Waals surface area (Å²) in [5, 5.41) is 3.46. The fraction of sp³-hybridized carbons (Fsp3) is 0.462. The highest BCUT2D eigenvalue weighted by Gasteiger charge is 2.21. The first-order valence-electron chi connectivity index (χ1n) is 6.14. The van der Waals surface area contributed by atoms with Crippen LogP contribution in [0.2, 0.25) is 0 Å². The number of halogens is 1. The third-order valence-electron chi connectivity index (χ3n) is 3.50. The maximum Gasteiger partial charge on any atom is 0.199 e. The van der Waals surface area contributed by atoms with Crippen molar-refractivity contribution < 1.29 is 4.39 Å². The number of nitrogens with zero attached hydrogens (tertiary/aromatic N) is 2. The Labute approximate surface area is 99.7 Å². The molecule has 0 amide bonds. The topological polar surface area (TPSA) is 29.3 Å². The molecule has 3 rings (SSSR count). The summed E-state index contributed by atoms with van der Waals surface area (Å²) in [6.45, 7) is 2.97. The zero-order valence-electron chi connectivity index (χ0n) is 9.91. The zero-order valence-corrected chi connectivity index (χ0v) is 9.91. The van der Waals surface area contributed by atoms with E-state index in [2.05, 4.69) is 10.3 Å². The van der Waals surface area contributed by atoms with Gasteiger partial charge in [-0.15, -0.1) is 0 Å². The van der Waals surface area contributed by atoms with Crippen molar-refractivity contribution in [2.45, 2.75) is 32.2 Å². The van der Waals surface area contributed by atoms with Crippen molar-refractivity contribution in [1.82, 2.24) is 14.7 Å². The van der Waals surface area contributed by atoms with Crippen molar-refractivity contribution in [3.63, 3.8) is 0 Å². The molecule has 0 spiro atoms. The number of fused-ring (bicyclic) bond motifs is 1. The Hall–Kier alpha value is -1.42.